The summed E-state index contributed by atoms with van der Waals surface area (Å²) in [5.74, 6) is 0.551. The summed E-state index contributed by atoms with van der Waals surface area (Å²) in [5.41, 5.74) is 4.03. The number of Topliss-reactive ketones (excluding diaryl/α,β-unsaturated/α-hetero) is 1. The van der Waals surface area contributed by atoms with Crippen LogP contribution in [0, 0.1) is 25.7 Å². The van der Waals surface area contributed by atoms with Gasteiger partial charge < -0.3 is 5.32 Å². The zero-order chi connectivity index (χ0) is 22.5. The molecule has 1 amide bonds. The smallest absolute Gasteiger partial charge is 0.251 e. The van der Waals surface area contributed by atoms with Gasteiger partial charge in [0, 0.05) is 16.5 Å². The highest BCUT2D eigenvalue weighted by Gasteiger charge is 2.32. The predicted octanol–water partition coefficient (Wildman–Crippen LogP) is 6.64. The van der Waals surface area contributed by atoms with E-state index in [9.17, 15) is 9.59 Å². The normalized spacial score (nSPS) is 20.2. The van der Waals surface area contributed by atoms with E-state index in [-0.39, 0.29) is 23.5 Å². The van der Waals surface area contributed by atoms with Crippen molar-refractivity contribution in [2.75, 3.05) is 0 Å². The van der Waals surface area contributed by atoms with Gasteiger partial charge in [-0.1, -0.05) is 61.2 Å². The monoisotopic (exact) mass is 439 g/mol. The molecular weight excluding hydrogens is 406 g/mol. The van der Waals surface area contributed by atoms with E-state index in [4.69, 9.17) is 11.6 Å². The van der Waals surface area contributed by atoms with Crippen molar-refractivity contribution >= 4 is 23.3 Å². The first kappa shape index (κ1) is 23.5. The lowest BCUT2D eigenvalue weighted by atomic mass is 9.85. The molecular formula is C27H34ClNO2. The number of hydrogen-bond donors (Lipinski definition) is 1. The van der Waals surface area contributed by atoms with Crippen LogP contribution < -0.4 is 5.32 Å². The number of benzene rings is 2. The van der Waals surface area contributed by atoms with Gasteiger partial charge in [-0.05, 0) is 81.2 Å². The van der Waals surface area contributed by atoms with E-state index in [0.717, 1.165) is 48.3 Å². The molecule has 0 aliphatic heterocycles. The summed E-state index contributed by atoms with van der Waals surface area (Å²) in [6.07, 6.45) is 4.88. The molecule has 3 unspecified atom stereocenters. The highest BCUT2D eigenvalue weighted by atomic mass is 35.5. The molecule has 31 heavy (non-hydrogen) atoms. The van der Waals surface area contributed by atoms with E-state index >= 15 is 0 Å². The van der Waals surface area contributed by atoms with Crippen molar-refractivity contribution in [1.82, 2.24) is 5.32 Å². The summed E-state index contributed by atoms with van der Waals surface area (Å²) in [6.45, 7) is 7.99. The molecule has 0 spiro atoms. The first-order valence-corrected chi connectivity index (χ1v) is 11.8. The number of nitrogens with one attached hydrogen (secondary N) is 1. The Morgan fingerprint density at radius 2 is 1.58 bits per heavy atom. The molecule has 1 aliphatic rings. The maximum Gasteiger partial charge on any atom is 0.251 e. The zero-order valence-corrected chi connectivity index (χ0v) is 19.8. The molecule has 4 heteroatoms. The molecule has 1 fully saturated rings. The number of aryl methyl sites for hydroxylation is 2. The SMILES string of the molecule is Cc1cc(C)cc(C(=O)NC(C(=O)C2CCCC(c3ccc(Cl)cc3)CC2)C(C)C)c1. The van der Waals surface area contributed by atoms with Crippen LogP contribution in [0.2, 0.25) is 5.02 Å². The number of amides is 1. The van der Waals surface area contributed by atoms with E-state index < -0.39 is 6.04 Å². The second-order valence-corrected chi connectivity index (χ2v) is 9.86. The quantitative estimate of drug-likeness (QED) is 0.512. The highest BCUT2D eigenvalue weighted by molar-refractivity contribution is 6.30. The van der Waals surface area contributed by atoms with Crippen molar-refractivity contribution in [3.05, 3.63) is 69.7 Å². The lowest BCUT2D eigenvalue weighted by molar-refractivity contribution is -0.126. The van der Waals surface area contributed by atoms with Crippen LogP contribution in [-0.2, 0) is 4.79 Å². The molecule has 0 radical (unpaired) electrons. The minimum absolute atomic E-state index is 0.00393. The maximum atomic E-state index is 13.4. The Morgan fingerprint density at radius 1 is 0.935 bits per heavy atom. The van der Waals surface area contributed by atoms with Gasteiger partial charge in [-0.25, -0.2) is 0 Å². The van der Waals surface area contributed by atoms with Crippen LogP contribution in [0.15, 0.2) is 42.5 Å². The Hall–Kier alpha value is -2.13. The highest BCUT2D eigenvalue weighted by Crippen LogP contribution is 2.35. The summed E-state index contributed by atoms with van der Waals surface area (Å²) in [7, 11) is 0. The van der Waals surface area contributed by atoms with Gasteiger partial charge in [0.1, 0.15) is 0 Å². The molecule has 1 N–H and O–H groups in total. The average Bonchev–Trinajstić information content (AvgIpc) is 2.97. The molecule has 0 heterocycles. The van der Waals surface area contributed by atoms with Gasteiger partial charge in [0.2, 0.25) is 0 Å². The second-order valence-electron chi connectivity index (χ2n) is 9.43. The fourth-order valence-corrected chi connectivity index (χ4v) is 4.93. The first-order valence-electron chi connectivity index (χ1n) is 11.4. The number of carbonyl (C=O) groups excluding carboxylic acids is 2. The van der Waals surface area contributed by atoms with E-state index in [0.29, 0.717) is 11.5 Å². The third-order valence-electron chi connectivity index (χ3n) is 6.46. The minimum Gasteiger partial charge on any atom is -0.342 e. The Labute approximate surface area is 191 Å². The van der Waals surface area contributed by atoms with Gasteiger partial charge in [0.15, 0.2) is 5.78 Å². The van der Waals surface area contributed by atoms with Crippen LogP contribution in [0.3, 0.4) is 0 Å². The van der Waals surface area contributed by atoms with E-state index in [1.807, 2.05) is 58.0 Å². The molecule has 166 valence electrons. The van der Waals surface area contributed by atoms with Gasteiger partial charge in [-0.3, -0.25) is 9.59 Å². The van der Waals surface area contributed by atoms with Gasteiger partial charge in [-0.15, -0.1) is 0 Å². The number of hydrogen-bond acceptors (Lipinski definition) is 2. The Morgan fingerprint density at radius 3 is 2.19 bits per heavy atom. The minimum atomic E-state index is -0.453. The molecule has 2 aromatic carbocycles. The average molecular weight is 440 g/mol. The van der Waals surface area contributed by atoms with Crippen molar-refractivity contribution < 1.29 is 9.59 Å². The molecule has 2 aromatic rings. The third-order valence-corrected chi connectivity index (χ3v) is 6.71. The Balaban J connectivity index is 1.68. The molecule has 3 atom stereocenters. The molecule has 3 rings (SSSR count). The predicted molar refractivity (Wildman–Crippen MR) is 128 cm³/mol. The van der Waals surface area contributed by atoms with Crippen molar-refractivity contribution in [3.63, 3.8) is 0 Å². The van der Waals surface area contributed by atoms with Crippen LogP contribution >= 0.6 is 11.6 Å². The summed E-state index contributed by atoms with van der Waals surface area (Å²) < 4.78 is 0. The summed E-state index contributed by atoms with van der Waals surface area (Å²) >= 11 is 6.04. The maximum absolute atomic E-state index is 13.4. The van der Waals surface area contributed by atoms with Crippen LogP contribution in [0.5, 0.6) is 0 Å². The summed E-state index contributed by atoms with van der Waals surface area (Å²) in [5, 5.41) is 3.81. The second kappa shape index (κ2) is 10.5. The number of ketones is 1. The summed E-state index contributed by atoms with van der Waals surface area (Å²) in [4.78, 5) is 26.4. The topological polar surface area (TPSA) is 46.2 Å². The van der Waals surface area contributed by atoms with Crippen molar-refractivity contribution in [2.45, 2.75) is 71.8 Å². The fraction of sp³-hybridized carbons (Fsp3) is 0.481. The van der Waals surface area contributed by atoms with E-state index in [1.165, 1.54) is 5.56 Å². The van der Waals surface area contributed by atoms with Gasteiger partial charge in [0.05, 0.1) is 6.04 Å². The van der Waals surface area contributed by atoms with Crippen molar-refractivity contribution in [1.29, 1.82) is 0 Å². The molecule has 1 saturated carbocycles. The van der Waals surface area contributed by atoms with Crippen LogP contribution in [0.25, 0.3) is 0 Å². The number of rotatable bonds is 6. The van der Waals surface area contributed by atoms with E-state index in [1.54, 1.807) is 0 Å². The Bertz CT molecular complexity index is 899. The van der Waals surface area contributed by atoms with Gasteiger partial charge in [-0.2, -0.15) is 0 Å². The Kier molecular flexibility index (Phi) is 7.94. The van der Waals surface area contributed by atoms with E-state index in [2.05, 4.69) is 17.4 Å². The van der Waals surface area contributed by atoms with Crippen LogP contribution in [-0.4, -0.2) is 17.7 Å². The van der Waals surface area contributed by atoms with Crippen molar-refractivity contribution in [3.8, 4) is 0 Å². The molecule has 0 saturated heterocycles. The van der Waals surface area contributed by atoms with Gasteiger partial charge >= 0.3 is 0 Å². The zero-order valence-electron chi connectivity index (χ0n) is 19.1. The first-order chi connectivity index (χ1) is 14.7. The van der Waals surface area contributed by atoms with Crippen molar-refractivity contribution in [2.24, 2.45) is 11.8 Å². The standard InChI is InChI=1S/C27H34ClNO2/c1-17(2)25(29-27(31)23-15-18(3)14-19(4)16-23)26(30)22-7-5-6-20(8-9-22)21-10-12-24(28)13-11-21/h10-17,20,22,25H,5-9H2,1-4H3,(H,29,31). The molecule has 0 bridgehead atoms. The molecule has 3 nitrogen and oxygen atoms in total. The molecule has 0 aromatic heterocycles. The van der Waals surface area contributed by atoms with Crippen LogP contribution in [0.1, 0.15) is 78.9 Å². The molecule has 1 aliphatic carbocycles. The third kappa shape index (κ3) is 6.20. The lowest BCUT2D eigenvalue weighted by Gasteiger charge is -2.26. The summed E-state index contributed by atoms with van der Waals surface area (Å²) in [6, 6.07) is 13.5. The number of carbonyl (C=O) groups is 2. The lowest BCUT2D eigenvalue weighted by Crippen LogP contribution is -2.47. The van der Waals surface area contributed by atoms with Crippen LogP contribution in [0.4, 0.5) is 0 Å². The largest absolute Gasteiger partial charge is 0.342 e. The number of halogens is 1. The van der Waals surface area contributed by atoms with Gasteiger partial charge in [0.25, 0.3) is 5.91 Å². The fourth-order valence-electron chi connectivity index (χ4n) is 4.81.